The van der Waals surface area contributed by atoms with Gasteiger partial charge < -0.3 is 9.90 Å². The summed E-state index contributed by atoms with van der Waals surface area (Å²) < 4.78 is 0. The van der Waals surface area contributed by atoms with Crippen molar-refractivity contribution in [3.8, 4) is 0 Å². The van der Waals surface area contributed by atoms with E-state index in [2.05, 4.69) is 9.98 Å². The average molecular weight is 239 g/mol. The van der Waals surface area contributed by atoms with Crippen LogP contribution in [0.1, 0.15) is 21.5 Å². The number of pyridine rings is 1. The van der Waals surface area contributed by atoms with Gasteiger partial charge in [0.15, 0.2) is 5.82 Å². The molecule has 90 valence electrons. The minimum absolute atomic E-state index is 0.120. The van der Waals surface area contributed by atoms with Crippen molar-refractivity contribution in [3.63, 3.8) is 0 Å². The van der Waals surface area contributed by atoms with Gasteiger partial charge in [-0.15, -0.1) is 0 Å². The number of carbonyl (C=O) groups excluding carboxylic acids is 1. The van der Waals surface area contributed by atoms with Gasteiger partial charge in [-0.3, -0.25) is 0 Å². The lowest BCUT2D eigenvalue weighted by Crippen LogP contribution is -2.23. The van der Waals surface area contributed by atoms with Crippen LogP contribution in [-0.4, -0.2) is 17.2 Å². The molecule has 0 aliphatic rings. The predicted octanol–water partition coefficient (Wildman–Crippen LogP) is 1.50. The molecule has 0 aliphatic heterocycles. The SMILES string of the molecule is Cc1cccnc1N=Cc1ccccc1C(=O)[O-]. The lowest BCUT2D eigenvalue weighted by atomic mass is 10.1. The first kappa shape index (κ1) is 12.0. The summed E-state index contributed by atoms with van der Waals surface area (Å²) >= 11 is 0. The summed E-state index contributed by atoms with van der Waals surface area (Å²) in [5.41, 5.74) is 1.55. The molecule has 0 saturated heterocycles. The van der Waals surface area contributed by atoms with Crippen LogP contribution in [0.4, 0.5) is 5.82 Å². The minimum Gasteiger partial charge on any atom is -0.545 e. The maximum Gasteiger partial charge on any atom is 0.154 e. The number of aromatic carboxylic acids is 1. The molecule has 0 saturated carbocycles. The number of carboxylic acids is 1. The number of hydrogen-bond acceptors (Lipinski definition) is 4. The second-order valence-electron chi connectivity index (χ2n) is 3.78. The molecule has 0 amide bonds. The molecule has 0 spiro atoms. The zero-order chi connectivity index (χ0) is 13.0. The molecular formula is C14H11N2O2-. The van der Waals surface area contributed by atoms with Crippen LogP contribution in [0.3, 0.4) is 0 Å². The fourth-order valence-corrected chi connectivity index (χ4v) is 1.54. The molecule has 0 N–H and O–H groups in total. The highest BCUT2D eigenvalue weighted by atomic mass is 16.4. The molecule has 4 nitrogen and oxygen atoms in total. The highest BCUT2D eigenvalue weighted by molar-refractivity contribution is 5.97. The number of aryl methyl sites for hydroxylation is 1. The minimum atomic E-state index is -1.21. The Labute approximate surface area is 105 Å². The molecule has 0 unspecified atom stereocenters. The van der Waals surface area contributed by atoms with E-state index in [0.29, 0.717) is 11.4 Å². The fourth-order valence-electron chi connectivity index (χ4n) is 1.54. The van der Waals surface area contributed by atoms with Crippen LogP contribution >= 0.6 is 0 Å². The van der Waals surface area contributed by atoms with Gasteiger partial charge in [-0.1, -0.05) is 30.3 Å². The van der Waals surface area contributed by atoms with Gasteiger partial charge >= 0.3 is 0 Å². The Hall–Kier alpha value is -2.49. The lowest BCUT2D eigenvalue weighted by Gasteiger charge is -2.05. The van der Waals surface area contributed by atoms with Gasteiger partial charge in [0.1, 0.15) is 0 Å². The first-order chi connectivity index (χ1) is 8.68. The number of rotatable bonds is 3. The maximum absolute atomic E-state index is 10.9. The van der Waals surface area contributed by atoms with Gasteiger partial charge in [0.05, 0.1) is 5.97 Å². The van der Waals surface area contributed by atoms with Gasteiger partial charge in [0, 0.05) is 23.5 Å². The number of carboxylic acid groups (broad SMARTS) is 1. The third-order valence-corrected chi connectivity index (χ3v) is 2.49. The zero-order valence-corrected chi connectivity index (χ0v) is 9.83. The first-order valence-electron chi connectivity index (χ1n) is 5.44. The smallest absolute Gasteiger partial charge is 0.154 e. The molecule has 0 atom stereocenters. The molecule has 2 rings (SSSR count). The molecule has 0 aliphatic carbocycles. The largest absolute Gasteiger partial charge is 0.545 e. The highest BCUT2D eigenvalue weighted by Crippen LogP contribution is 2.14. The number of aromatic nitrogens is 1. The predicted molar refractivity (Wildman–Crippen MR) is 67.0 cm³/mol. The third kappa shape index (κ3) is 2.60. The van der Waals surface area contributed by atoms with Gasteiger partial charge in [-0.05, 0) is 18.6 Å². The Bertz CT molecular complexity index is 606. The normalized spacial score (nSPS) is 10.7. The van der Waals surface area contributed by atoms with Crippen LogP contribution in [0.15, 0.2) is 47.6 Å². The summed E-state index contributed by atoms with van der Waals surface area (Å²) in [6.07, 6.45) is 3.13. The van der Waals surface area contributed by atoms with E-state index in [-0.39, 0.29) is 5.56 Å². The average Bonchev–Trinajstić information content (AvgIpc) is 2.38. The Balaban J connectivity index is 2.35. The molecule has 0 radical (unpaired) electrons. The fraction of sp³-hybridized carbons (Fsp3) is 0.0714. The molecular weight excluding hydrogens is 228 g/mol. The summed E-state index contributed by atoms with van der Waals surface area (Å²) in [6.45, 7) is 1.89. The van der Waals surface area contributed by atoms with E-state index in [4.69, 9.17) is 0 Å². The number of benzene rings is 1. The lowest BCUT2D eigenvalue weighted by molar-refractivity contribution is -0.255. The van der Waals surface area contributed by atoms with Crippen molar-refractivity contribution >= 4 is 18.0 Å². The maximum atomic E-state index is 10.9. The van der Waals surface area contributed by atoms with Crippen LogP contribution in [0, 0.1) is 6.92 Å². The summed E-state index contributed by atoms with van der Waals surface area (Å²) in [6, 6.07) is 10.3. The van der Waals surface area contributed by atoms with E-state index in [9.17, 15) is 9.90 Å². The molecule has 18 heavy (non-hydrogen) atoms. The standard InChI is InChI=1S/C14H12N2O2/c1-10-5-4-8-15-13(10)16-9-11-6-2-3-7-12(11)14(17)18/h2-9H,1H3,(H,17,18)/p-1. The Morgan fingerprint density at radius 3 is 2.78 bits per heavy atom. The zero-order valence-electron chi connectivity index (χ0n) is 9.83. The second kappa shape index (κ2) is 5.23. The van der Waals surface area contributed by atoms with E-state index in [1.165, 1.54) is 12.3 Å². The molecule has 1 heterocycles. The monoisotopic (exact) mass is 239 g/mol. The van der Waals surface area contributed by atoms with Gasteiger partial charge in [-0.2, -0.15) is 0 Å². The van der Waals surface area contributed by atoms with E-state index >= 15 is 0 Å². The van der Waals surface area contributed by atoms with Crippen molar-refractivity contribution in [1.82, 2.24) is 4.98 Å². The van der Waals surface area contributed by atoms with Crippen LogP contribution < -0.4 is 5.11 Å². The van der Waals surface area contributed by atoms with Gasteiger partial charge in [0.25, 0.3) is 0 Å². The topological polar surface area (TPSA) is 65.4 Å². The third-order valence-electron chi connectivity index (χ3n) is 2.49. The number of aliphatic imine (C=N–C) groups is 1. The molecule has 1 aromatic carbocycles. The van der Waals surface area contributed by atoms with Crippen molar-refractivity contribution in [2.24, 2.45) is 4.99 Å². The van der Waals surface area contributed by atoms with E-state index in [1.807, 2.05) is 19.1 Å². The summed E-state index contributed by atoms with van der Waals surface area (Å²) in [4.78, 5) is 19.2. The summed E-state index contributed by atoms with van der Waals surface area (Å²) in [5.74, 6) is -0.638. The van der Waals surface area contributed by atoms with Gasteiger partial charge in [0.2, 0.25) is 0 Å². The van der Waals surface area contributed by atoms with Crippen LogP contribution in [0.2, 0.25) is 0 Å². The Kier molecular flexibility index (Phi) is 3.48. The highest BCUT2D eigenvalue weighted by Gasteiger charge is 2.00. The summed E-state index contributed by atoms with van der Waals surface area (Å²) in [5, 5.41) is 10.9. The van der Waals surface area contributed by atoms with Gasteiger partial charge in [-0.25, -0.2) is 9.98 Å². The van der Waals surface area contributed by atoms with Crippen LogP contribution in [-0.2, 0) is 0 Å². The van der Waals surface area contributed by atoms with E-state index < -0.39 is 5.97 Å². The molecule has 4 heteroatoms. The van der Waals surface area contributed by atoms with Crippen molar-refractivity contribution in [1.29, 1.82) is 0 Å². The van der Waals surface area contributed by atoms with Crippen LogP contribution in [0.25, 0.3) is 0 Å². The molecule has 2 aromatic rings. The molecule has 1 aromatic heterocycles. The van der Waals surface area contributed by atoms with E-state index in [1.54, 1.807) is 24.4 Å². The number of carbonyl (C=O) groups is 1. The van der Waals surface area contributed by atoms with E-state index in [0.717, 1.165) is 5.56 Å². The Morgan fingerprint density at radius 1 is 1.28 bits per heavy atom. The summed E-state index contributed by atoms with van der Waals surface area (Å²) in [7, 11) is 0. The number of hydrogen-bond donors (Lipinski definition) is 0. The van der Waals surface area contributed by atoms with Crippen molar-refractivity contribution in [2.75, 3.05) is 0 Å². The second-order valence-corrected chi connectivity index (χ2v) is 3.78. The van der Waals surface area contributed by atoms with Crippen molar-refractivity contribution in [3.05, 3.63) is 59.3 Å². The molecule has 0 fully saturated rings. The van der Waals surface area contributed by atoms with Crippen molar-refractivity contribution in [2.45, 2.75) is 6.92 Å². The quantitative estimate of drug-likeness (QED) is 0.762. The van der Waals surface area contributed by atoms with Crippen molar-refractivity contribution < 1.29 is 9.90 Å². The Morgan fingerprint density at radius 2 is 2.06 bits per heavy atom. The van der Waals surface area contributed by atoms with Crippen LogP contribution in [0.5, 0.6) is 0 Å². The number of nitrogens with zero attached hydrogens (tertiary/aromatic N) is 2. The first-order valence-corrected chi connectivity index (χ1v) is 5.44. The molecule has 0 bridgehead atoms.